The van der Waals surface area contributed by atoms with Crippen molar-refractivity contribution < 1.29 is 4.74 Å². The maximum atomic E-state index is 8.83. The van der Waals surface area contributed by atoms with Crippen LogP contribution in [0.5, 0.6) is 5.75 Å². The molecule has 0 saturated heterocycles. The van der Waals surface area contributed by atoms with Crippen LogP contribution in [0.3, 0.4) is 0 Å². The summed E-state index contributed by atoms with van der Waals surface area (Å²) in [6, 6.07) is 7.40. The van der Waals surface area contributed by atoms with Crippen LogP contribution in [0.1, 0.15) is 11.1 Å². The van der Waals surface area contributed by atoms with Crippen molar-refractivity contribution in [3.8, 4) is 11.8 Å². The van der Waals surface area contributed by atoms with Gasteiger partial charge in [-0.15, -0.1) is 5.10 Å². The van der Waals surface area contributed by atoms with E-state index in [4.69, 9.17) is 10.00 Å². The lowest BCUT2D eigenvalue weighted by atomic mass is 10.1. The zero-order valence-corrected chi connectivity index (χ0v) is 8.79. The minimum Gasteiger partial charge on any atom is -0.496 e. The number of nitriles is 1. The van der Waals surface area contributed by atoms with Crippen molar-refractivity contribution in [3.05, 3.63) is 41.7 Å². The number of rotatable bonds is 3. The van der Waals surface area contributed by atoms with Gasteiger partial charge in [-0.25, -0.2) is 4.68 Å². The Hall–Kier alpha value is -2.35. The molecule has 0 aliphatic rings. The fraction of sp³-hybridized carbons (Fsp3) is 0.182. The molecule has 5 heteroatoms. The van der Waals surface area contributed by atoms with E-state index < -0.39 is 0 Å². The molecule has 0 unspecified atom stereocenters. The summed E-state index contributed by atoms with van der Waals surface area (Å²) in [5, 5.41) is 16.4. The lowest BCUT2D eigenvalue weighted by Crippen LogP contribution is -2.03. The van der Waals surface area contributed by atoms with Crippen LogP contribution in [0.25, 0.3) is 0 Å². The maximum absolute atomic E-state index is 8.83. The lowest BCUT2D eigenvalue weighted by molar-refractivity contribution is 0.407. The van der Waals surface area contributed by atoms with Gasteiger partial charge in [0.25, 0.3) is 0 Å². The highest BCUT2D eigenvalue weighted by atomic mass is 16.5. The fourth-order valence-electron chi connectivity index (χ4n) is 1.46. The molecule has 1 heterocycles. The molecule has 0 radical (unpaired) electrons. The van der Waals surface area contributed by atoms with Crippen LogP contribution in [0.4, 0.5) is 0 Å². The normalized spacial score (nSPS) is 9.75. The van der Waals surface area contributed by atoms with E-state index in [-0.39, 0.29) is 0 Å². The van der Waals surface area contributed by atoms with Gasteiger partial charge in [0, 0.05) is 11.8 Å². The minimum atomic E-state index is 0.540. The Bertz CT molecular complexity index is 513. The van der Waals surface area contributed by atoms with Gasteiger partial charge in [-0.1, -0.05) is 5.21 Å². The highest BCUT2D eigenvalue weighted by Gasteiger charge is 2.05. The van der Waals surface area contributed by atoms with E-state index in [0.29, 0.717) is 12.1 Å². The predicted octanol–water partition coefficient (Wildman–Crippen LogP) is 1.21. The van der Waals surface area contributed by atoms with Gasteiger partial charge in [-0.05, 0) is 18.2 Å². The first-order chi connectivity index (χ1) is 7.83. The topological polar surface area (TPSA) is 63.7 Å². The van der Waals surface area contributed by atoms with Crippen LogP contribution in [0.2, 0.25) is 0 Å². The Kier molecular flexibility index (Phi) is 2.83. The molecule has 80 valence electrons. The third-order valence-corrected chi connectivity index (χ3v) is 2.21. The first-order valence-electron chi connectivity index (χ1n) is 4.74. The zero-order valence-electron chi connectivity index (χ0n) is 8.79. The van der Waals surface area contributed by atoms with Crippen molar-refractivity contribution >= 4 is 0 Å². The summed E-state index contributed by atoms with van der Waals surface area (Å²) in [5.74, 6) is 0.745. The van der Waals surface area contributed by atoms with Crippen molar-refractivity contribution in [1.82, 2.24) is 15.0 Å². The molecule has 1 aromatic heterocycles. The second-order valence-electron chi connectivity index (χ2n) is 3.24. The lowest BCUT2D eigenvalue weighted by Gasteiger charge is -2.08. The molecule has 0 amide bonds. The first kappa shape index (κ1) is 10.2. The Labute approximate surface area is 92.9 Å². The third kappa shape index (κ3) is 2.01. The molecule has 2 rings (SSSR count). The number of aromatic nitrogens is 3. The van der Waals surface area contributed by atoms with Crippen LogP contribution in [-0.2, 0) is 6.54 Å². The number of nitrogens with zero attached hydrogens (tertiary/aromatic N) is 4. The minimum absolute atomic E-state index is 0.540. The summed E-state index contributed by atoms with van der Waals surface area (Å²) in [4.78, 5) is 0. The molecule has 0 N–H and O–H groups in total. The molecule has 0 aliphatic carbocycles. The zero-order chi connectivity index (χ0) is 11.4. The van der Waals surface area contributed by atoms with Gasteiger partial charge in [0.15, 0.2) is 0 Å². The van der Waals surface area contributed by atoms with Crippen LogP contribution in [-0.4, -0.2) is 22.1 Å². The molecule has 0 fully saturated rings. The van der Waals surface area contributed by atoms with Crippen LogP contribution in [0, 0.1) is 11.3 Å². The van der Waals surface area contributed by atoms with Crippen molar-refractivity contribution in [3.63, 3.8) is 0 Å². The number of methoxy groups -OCH3 is 1. The molecule has 0 bridgehead atoms. The molecule has 0 saturated carbocycles. The Balaban J connectivity index is 2.34. The predicted molar refractivity (Wildman–Crippen MR) is 56.8 cm³/mol. The smallest absolute Gasteiger partial charge is 0.124 e. The van der Waals surface area contributed by atoms with E-state index in [2.05, 4.69) is 16.4 Å². The number of benzene rings is 1. The van der Waals surface area contributed by atoms with E-state index in [9.17, 15) is 0 Å². The summed E-state index contributed by atoms with van der Waals surface area (Å²) >= 11 is 0. The van der Waals surface area contributed by atoms with E-state index in [1.165, 1.54) is 0 Å². The molecule has 0 spiro atoms. The quantitative estimate of drug-likeness (QED) is 0.770. The van der Waals surface area contributed by atoms with Gasteiger partial charge in [0.1, 0.15) is 5.75 Å². The van der Waals surface area contributed by atoms with Gasteiger partial charge in [-0.3, -0.25) is 0 Å². The first-order valence-corrected chi connectivity index (χ1v) is 4.74. The summed E-state index contributed by atoms with van der Waals surface area (Å²) < 4.78 is 6.90. The largest absolute Gasteiger partial charge is 0.496 e. The van der Waals surface area contributed by atoms with Crippen molar-refractivity contribution in [2.24, 2.45) is 0 Å². The van der Waals surface area contributed by atoms with Gasteiger partial charge in [-0.2, -0.15) is 5.26 Å². The molecular weight excluding hydrogens is 204 g/mol. The summed E-state index contributed by atoms with van der Waals surface area (Å²) in [5.41, 5.74) is 1.52. The molecule has 1 aromatic carbocycles. The van der Waals surface area contributed by atoms with Gasteiger partial charge in [0.2, 0.25) is 0 Å². The van der Waals surface area contributed by atoms with Crippen molar-refractivity contribution in [2.75, 3.05) is 7.11 Å². The standard InChI is InChI=1S/C11H10N4O/c1-16-11-3-2-9(7-12)6-10(11)8-15-5-4-13-14-15/h2-6H,8H2,1H3. The Morgan fingerprint density at radius 3 is 3.00 bits per heavy atom. The van der Waals surface area contributed by atoms with E-state index in [1.54, 1.807) is 42.4 Å². The van der Waals surface area contributed by atoms with Gasteiger partial charge < -0.3 is 4.74 Å². The monoisotopic (exact) mass is 214 g/mol. The number of ether oxygens (including phenoxy) is 1. The average Bonchev–Trinajstić information content (AvgIpc) is 2.82. The molecule has 16 heavy (non-hydrogen) atoms. The highest BCUT2D eigenvalue weighted by molar-refractivity contribution is 5.42. The van der Waals surface area contributed by atoms with Crippen molar-refractivity contribution in [1.29, 1.82) is 5.26 Å². The molecular formula is C11H10N4O. The van der Waals surface area contributed by atoms with Crippen LogP contribution < -0.4 is 4.74 Å². The Morgan fingerprint density at radius 2 is 2.38 bits per heavy atom. The summed E-state index contributed by atoms with van der Waals surface area (Å²) in [6.45, 7) is 0.540. The van der Waals surface area contributed by atoms with E-state index in [0.717, 1.165) is 11.3 Å². The average molecular weight is 214 g/mol. The van der Waals surface area contributed by atoms with Gasteiger partial charge >= 0.3 is 0 Å². The highest BCUT2D eigenvalue weighted by Crippen LogP contribution is 2.20. The van der Waals surface area contributed by atoms with Gasteiger partial charge in [0.05, 0.1) is 31.5 Å². The van der Waals surface area contributed by atoms with Crippen LogP contribution >= 0.6 is 0 Å². The molecule has 0 atom stereocenters. The van der Waals surface area contributed by atoms with Crippen molar-refractivity contribution in [2.45, 2.75) is 6.54 Å². The number of hydrogen-bond acceptors (Lipinski definition) is 4. The second-order valence-corrected chi connectivity index (χ2v) is 3.24. The maximum Gasteiger partial charge on any atom is 0.124 e. The molecule has 5 nitrogen and oxygen atoms in total. The van der Waals surface area contributed by atoms with Crippen LogP contribution in [0.15, 0.2) is 30.6 Å². The second kappa shape index (κ2) is 4.45. The third-order valence-electron chi connectivity index (χ3n) is 2.21. The summed E-state index contributed by atoms with van der Waals surface area (Å²) in [7, 11) is 1.60. The Morgan fingerprint density at radius 1 is 1.50 bits per heavy atom. The number of hydrogen-bond donors (Lipinski definition) is 0. The SMILES string of the molecule is COc1ccc(C#N)cc1Cn1ccnn1. The van der Waals surface area contributed by atoms with E-state index in [1.807, 2.05) is 0 Å². The summed E-state index contributed by atoms with van der Waals surface area (Å²) in [6.07, 6.45) is 3.37. The van der Waals surface area contributed by atoms with E-state index >= 15 is 0 Å². The molecule has 0 aliphatic heterocycles. The fourth-order valence-corrected chi connectivity index (χ4v) is 1.46. The molecule has 2 aromatic rings.